The van der Waals surface area contributed by atoms with E-state index < -0.39 is 6.10 Å². The molecule has 0 radical (unpaired) electrons. The minimum Gasteiger partial charge on any atom is -0.506 e. The zero-order valence-electron chi connectivity index (χ0n) is 16.2. The third-order valence-electron chi connectivity index (χ3n) is 4.63. The van der Waals surface area contributed by atoms with Gasteiger partial charge in [0.15, 0.2) is 0 Å². The number of ether oxygens (including phenoxy) is 1. The largest absolute Gasteiger partial charge is 0.506 e. The fourth-order valence-corrected chi connectivity index (χ4v) is 3.16. The topological polar surface area (TPSA) is 94.6 Å². The van der Waals surface area contributed by atoms with Crippen molar-refractivity contribution in [2.45, 2.75) is 25.5 Å². The Morgan fingerprint density at radius 3 is 2.41 bits per heavy atom. The Hall–Kier alpha value is -2.25. The number of hydrogen-bond donors (Lipinski definition) is 4. The van der Waals surface area contributed by atoms with Crippen molar-refractivity contribution >= 4 is 35.7 Å². The number of pyridine rings is 1. The van der Waals surface area contributed by atoms with E-state index >= 15 is 0 Å². The van der Waals surface area contributed by atoms with Gasteiger partial charge in [0.05, 0.1) is 18.7 Å². The Bertz CT molecular complexity index is 977. The van der Waals surface area contributed by atoms with Crippen LogP contribution in [0.2, 0.25) is 0 Å². The molecule has 0 aliphatic carbocycles. The van der Waals surface area contributed by atoms with E-state index in [1.807, 2.05) is 24.3 Å². The van der Waals surface area contributed by atoms with Crippen LogP contribution < -0.4 is 15.6 Å². The van der Waals surface area contributed by atoms with E-state index in [1.165, 1.54) is 17.7 Å². The number of rotatable bonds is 7. The predicted octanol–water partition coefficient (Wildman–Crippen LogP) is 3.34. The summed E-state index contributed by atoms with van der Waals surface area (Å²) in [5, 5.41) is 24.5. The molecule has 158 valence electrons. The van der Waals surface area contributed by atoms with Crippen molar-refractivity contribution < 1.29 is 14.9 Å². The van der Waals surface area contributed by atoms with E-state index in [-0.39, 0.29) is 42.2 Å². The predicted molar refractivity (Wildman–Crippen MR) is 120 cm³/mol. The number of benzene rings is 2. The molecule has 0 saturated heterocycles. The molecule has 2 atom stereocenters. The molecule has 6 nitrogen and oxygen atoms in total. The summed E-state index contributed by atoms with van der Waals surface area (Å²) in [5.41, 5.74) is 1.88. The quantitative estimate of drug-likeness (QED) is 0.451. The van der Waals surface area contributed by atoms with Gasteiger partial charge >= 0.3 is 0 Å². The Kier molecular flexibility index (Phi) is 9.46. The molecule has 8 heteroatoms. The average molecular weight is 441 g/mol. The maximum absolute atomic E-state index is 11.5. The first-order valence-corrected chi connectivity index (χ1v) is 8.87. The lowest BCUT2D eigenvalue weighted by molar-refractivity contribution is 0.172. The molecule has 3 aromatic rings. The van der Waals surface area contributed by atoms with Crippen LogP contribution in [0.4, 0.5) is 0 Å². The van der Waals surface area contributed by atoms with E-state index in [4.69, 9.17) is 4.74 Å². The highest BCUT2D eigenvalue weighted by molar-refractivity contribution is 5.87. The van der Waals surface area contributed by atoms with Gasteiger partial charge in [-0.2, -0.15) is 0 Å². The molecule has 0 amide bonds. The monoisotopic (exact) mass is 440 g/mol. The van der Waals surface area contributed by atoms with E-state index in [2.05, 4.69) is 17.2 Å². The number of halogens is 2. The molecule has 0 bridgehead atoms. The summed E-state index contributed by atoms with van der Waals surface area (Å²) in [4.78, 5) is 14.1. The van der Waals surface area contributed by atoms with Crippen LogP contribution in [0.25, 0.3) is 10.9 Å². The highest BCUT2D eigenvalue weighted by Gasteiger charge is 2.15. The number of aromatic nitrogens is 1. The summed E-state index contributed by atoms with van der Waals surface area (Å²) in [6, 6.07) is 14.2. The van der Waals surface area contributed by atoms with Gasteiger partial charge in [0, 0.05) is 24.0 Å². The molecular weight excluding hydrogens is 415 g/mol. The molecule has 0 saturated carbocycles. The minimum absolute atomic E-state index is 0. The van der Waals surface area contributed by atoms with Crippen LogP contribution in [0.5, 0.6) is 11.5 Å². The number of aliphatic hydroxyl groups is 1. The van der Waals surface area contributed by atoms with Crippen LogP contribution >= 0.6 is 24.8 Å². The summed E-state index contributed by atoms with van der Waals surface area (Å²) in [5.74, 6) is 0.812. The second kappa shape index (κ2) is 11.1. The van der Waals surface area contributed by atoms with E-state index in [0.717, 1.165) is 12.2 Å². The lowest BCUT2D eigenvalue weighted by atomic mass is 10.0. The van der Waals surface area contributed by atoms with Gasteiger partial charge in [0.2, 0.25) is 5.56 Å². The van der Waals surface area contributed by atoms with Crippen LogP contribution in [-0.4, -0.2) is 34.9 Å². The second-order valence-corrected chi connectivity index (χ2v) is 6.66. The number of aromatic hydroxyl groups is 1. The maximum atomic E-state index is 11.5. The van der Waals surface area contributed by atoms with Crippen molar-refractivity contribution in [3.63, 3.8) is 0 Å². The third kappa shape index (κ3) is 6.11. The van der Waals surface area contributed by atoms with Gasteiger partial charge in [-0.1, -0.05) is 18.2 Å². The number of phenols is 1. The molecule has 29 heavy (non-hydrogen) atoms. The van der Waals surface area contributed by atoms with Crippen LogP contribution in [0.3, 0.4) is 0 Å². The maximum Gasteiger partial charge on any atom is 0.248 e. The highest BCUT2D eigenvalue weighted by atomic mass is 35.5. The van der Waals surface area contributed by atoms with Crippen LogP contribution in [0.1, 0.15) is 24.2 Å². The molecule has 2 aromatic carbocycles. The van der Waals surface area contributed by atoms with Gasteiger partial charge in [-0.15, -0.1) is 24.8 Å². The number of hydrogen-bond acceptors (Lipinski definition) is 5. The van der Waals surface area contributed by atoms with E-state index in [9.17, 15) is 15.0 Å². The normalized spacial score (nSPS) is 12.5. The highest BCUT2D eigenvalue weighted by Crippen LogP contribution is 2.28. The summed E-state index contributed by atoms with van der Waals surface area (Å²) < 4.78 is 5.16. The molecule has 0 aliphatic rings. The average Bonchev–Trinajstić information content (AvgIpc) is 2.67. The lowest BCUT2D eigenvalue weighted by Gasteiger charge is -2.19. The summed E-state index contributed by atoms with van der Waals surface area (Å²) >= 11 is 0. The molecule has 0 spiro atoms. The zero-order chi connectivity index (χ0) is 19.4. The molecule has 1 heterocycles. The first-order valence-electron chi connectivity index (χ1n) is 8.87. The standard InChI is InChI=1S/C21H24N2O4.2ClH/c1-13(11-14-3-5-15(27-2)6-4-14)22-12-19(25)16-7-9-18(24)21-17(16)8-10-20(26)23-21;;/h3-10,13,19,22,24-25H,11-12H2,1-2H3,(H,23,26);2*1H. The Morgan fingerprint density at radius 1 is 1.07 bits per heavy atom. The molecule has 0 aliphatic heterocycles. The number of methoxy groups -OCH3 is 1. The molecule has 0 fully saturated rings. The van der Waals surface area contributed by atoms with Gasteiger partial charge in [-0.3, -0.25) is 4.79 Å². The zero-order valence-corrected chi connectivity index (χ0v) is 17.8. The van der Waals surface area contributed by atoms with E-state index in [1.54, 1.807) is 19.2 Å². The number of aliphatic hydroxyl groups excluding tert-OH is 1. The molecule has 4 N–H and O–H groups in total. The number of fused-ring (bicyclic) bond motifs is 1. The number of aromatic amines is 1. The SMILES string of the molecule is COc1ccc(CC(C)NCC(O)c2ccc(O)c3[nH]c(=O)ccc23)cc1.Cl.Cl. The van der Waals surface area contributed by atoms with Crippen molar-refractivity contribution in [2.75, 3.05) is 13.7 Å². The third-order valence-corrected chi connectivity index (χ3v) is 4.63. The number of phenolic OH excluding ortho intramolecular Hbond substituents is 1. The van der Waals surface area contributed by atoms with Crippen molar-refractivity contribution in [2.24, 2.45) is 0 Å². The number of nitrogens with one attached hydrogen (secondary N) is 2. The Morgan fingerprint density at radius 2 is 1.76 bits per heavy atom. The summed E-state index contributed by atoms with van der Waals surface area (Å²) in [6.45, 7) is 2.42. The van der Waals surface area contributed by atoms with Gasteiger partial charge < -0.3 is 25.3 Å². The Balaban J connectivity index is 0.00000210. The van der Waals surface area contributed by atoms with Crippen molar-refractivity contribution in [3.05, 3.63) is 70.0 Å². The van der Waals surface area contributed by atoms with Crippen LogP contribution in [0, 0.1) is 0 Å². The smallest absolute Gasteiger partial charge is 0.248 e. The first kappa shape index (κ1) is 24.8. The van der Waals surface area contributed by atoms with Gasteiger partial charge in [-0.25, -0.2) is 0 Å². The van der Waals surface area contributed by atoms with Gasteiger partial charge in [0.1, 0.15) is 11.5 Å². The molecule has 1 aromatic heterocycles. The summed E-state index contributed by atoms with van der Waals surface area (Å²) in [7, 11) is 1.64. The van der Waals surface area contributed by atoms with Crippen molar-refractivity contribution in [1.82, 2.24) is 10.3 Å². The van der Waals surface area contributed by atoms with Gasteiger partial charge in [0.25, 0.3) is 0 Å². The van der Waals surface area contributed by atoms with Crippen LogP contribution in [-0.2, 0) is 6.42 Å². The van der Waals surface area contributed by atoms with Gasteiger partial charge in [-0.05, 0) is 48.7 Å². The minimum atomic E-state index is -0.766. The van der Waals surface area contributed by atoms with Crippen LogP contribution in [0.15, 0.2) is 53.3 Å². The fraction of sp³-hybridized carbons (Fsp3) is 0.286. The molecular formula is C21H26Cl2N2O4. The van der Waals surface area contributed by atoms with Crippen molar-refractivity contribution in [3.8, 4) is 11.5 Å². The second-order valence-electron chi connectivity index (χ2n) is 6.66. The first-order chi connectivity index (χ1) is 13.0. The lowest BCUT2D eigenvalue weighted by Crippen LogP contribution is -2.32. The summed E-state index contributed by atoms with van der Waals surface area (Å²) in [6.07, 6.45) is 0.0534. The molecule has 3 rings (SSSR count). The fourth-order valence-electron chi connectivity index (χ4n) is 3.16. The molecule has 2 unspecified atom stereocenters. The Labute approximate surface area is 181 Å². The van der Waals surface area contributed by atoms with E-state index in [0.29, 0.717) is 23.0 Å². The number of H-pyrrole nitrogens is 1. The van der Waals surface area contributed by atoms with Crippen molar-refractivity contribution in [1.29, 1.82) is 0 Å².